The van der Waals surface area contributed by atoms with Crippen LogP contribution in [-0.2, 0) is 11.3 Å². The van der Waals surface area contributed by atoms with Crippen LogP contribution in [0.3, 0.4) is 0 Å². The lowest BCUT2D eigenvalue weighted by molar-refractivity contribution is -0.121. The molecule has 1 N–H and O–H groups in total. The molecule has 1 fully saturated rings. The predicted molar refractivity (Wildman–Crippen MR) is 117 cm³/mol. The third-order valence-corrected chi connectivity index (χ3v) is 5.69. The van der Waals surface area contributed by atoms with Crippen LogP contribution in [0.15, 0.2) is 48.5 Å². The first kappa shape index (κ1) is 21.0. The summed E-state index contributed by atoms with van der Waals surface area (Å²) >= 11 is 0. The molecule has 3 rings (SSSR count). The normalized spacial score (nSPS) is 16.4. The van der Waals surface area contributed by atoms with Gasteiger partial charge in [-0.1, -0.05) is 50.2 Å². The van der Waals surface area contributed by atoms with Gasteiger partial charge in [-0.25, -0.2) is 0 Å². The monoisotopic (exact) mass is 390 g/mol. The van der Waals surface area contributed by atoms with E-state index in [0.717, 1.165) is 32.7 Å². The maximum absolute atomic E-state index is 12.7. The molecule has 0 saturated carbocycles. The van der Waals surface area contributed by atoms with E-state index in [1.54, 1.807) is 18.2 Å². The number of amides is 1. The van der Waals surface area contributed by atoms with Crippen LogP contribution < -0.4 is 5.32 Å². The van der Waals surface area contributed by atoms with Crippen LogP contribution in [0.1, 0.15) is 43.4 Å². The van der Waals surface area contributed by atoms with Crippen molar-refractivity contribution in [3.63, 3.8) is 0 Å². The number of anilines is 1. The van der Waals surface area contributed by atoms with Crippen molar-refractivity contribution in [1.82, 2.24) is 9.80 Å². The van der Waals surface area contributed by atoms with Crippen LogP contribution in [0.5, 0.6) is 0 Å². The molecule has 0 bridgehead atoms. The average Bonchev–Trinajstić information content (AvgIpc) is 2.74. The summed E-state index contributed by atoms with van der Waals surface area (Å²) in [5.41, 5.74) is 3.77. The van der Waals surface area contributed by atoms with Crippen molar-refractivity contribution in [1.29, 1.82) is 5.26 Å². The van der Waals surface area contributed by atoms with E-state index >= 15 is 0 Å². The molecule has 5 nitrogen and oxygen atoms in total. The van der Waals surface area contributed by atoms with Gasteiger partial charge in [0.05, 0.1) is 17.3 Å². The summed E-state index contributed by atoms with van der Waals surface area (Å²) in [6.07, 6.45) is 0. The molecule has 1 saturated heterocycles. The number of nitriles is 1. The van der Waals surface area contributed by atoms with Crippen LogP contribution in [0.25, 0.3) is 0 Å². The Hall–Kier alpha value is -2.68. The number of carbonyl (C=O) groups is 1. The predicted octanol–water partition coefficient (Wildman–Crippen LogP) is 3.83. The van der Waals surface area contributed by atoms with E-state index in [1.807, 2.05) is 13.0 Å². The number of rotatable bonds is 6. The molecule has 0 spiro atoms. The Kier molecular flexibility index (Phi) is 7.03. The first-order valence-corrected chi connectivity index (χ1v) is 10.3. The van der Waals surface area contributed by atoms with Crippen molar-refractivity contribution in [3.8, 4) is 6.07 Å². The largest absolute Gasteiger partial charge is 0.324 e. The van der Waals surface area contributed by atoms with Crippen molar-refractivity contribution >= 4 is 11.6 Å². The minimum Gasteiger partial charge on any atom is -0.324 e. The van der Waals surface area contributed by atoms with Crippen LogP contribution in [0, 0.1) is 11.3 Å². The molecule has 5 heteroatoms. The van der Waals surface area contributed by atoms with E-state index in [0.29, 0.717) is 17.2 Å². The Morgan fingerprint density at radius 2 is 1.69 bits per heavy atom. The molecule has 2 aromatic carbocycles. The Bertz CT molecular complexity index is 861. The maximum Gasteiger partial charge on any atom is 0.241 e. The highest BCUT2D eigenvalue weighted by atomic mass is 16.2. The maximum atomic E-state index is 12.7. The van der Waals surface area contributed by atoms with Gasteiger partial charge >= 0.3 is 0 Å². The third kappa shape index (κ3) is 5.44. The molecule has 1 heterocycles. The number of benzene rings is 2. The summed E-state index contributed by atoms with van der Waals surface area (Å²) in [4.78, 5) is 17.3. The lowest BCUT2D eigenvalue weighted by atomic mass is 10.0. The Balaban J connectivity index is 1.50. The van der Waals surface area contributed by atoms with Gasteiger partial charge in [-0.05, 0) is 36.1 Å². The highest BCUT2D eigenvalue weighted by Gasteiger charge is 2.26. The summed E-state index contributed by atoms with van der Waals surface area (Å²) < 4.78 is 0. The summed E-state index contributed by atoms with van der Waals surface area (Å²) in [6, 6.07) is 17.9. The number of nitrogens with one attached hydrogen (secondary N) is 1. The number of para-hydroxylation sites is 1. The lowest BCUT2D eigenvalue weighted by Gasteiger charge is -2.37. The van der Waals surface area contributed by atoms with Crippen molar-refractivity contribution in [2.45, 2.75) is 39.3 Å². The fourth-order valence-electron chi connectivity index (χ4n) is 3.67. The second kappa shape index (κ2) is 9.69. The molecule has 1 amide bonds. The standard InChI is InChI=1S/C24H30N4O/c1-18(2)21-10-8-20(9-11-21)17-27-12-14-28(15-13-27)19(3)24(29)26-23-7-5-4-6-22(23)16-25/h4-11,18-19H,12-15,17H2,1-3H3,(H,26,29)/t19-/m1/s1. The molecule has 29 heavy (non-hydrogen) atoms. The smallest absolute Gasteiger partial charge is 0.241 e. The van der Waals surface area contributed by atoms with Crippen LogP contribution >= 0.6 is 0 Å². The molecule has 0 radical (unpaired) electrons. The lowest BCUT2D eigenvalue weighted by Crippen LogP contribution is -2.52. The fraction of sp³-hybridized carbons (Fsp3) is 0.417. The van der Waals surface area contributed by atoms with Gasteiger partial charge in [-0.15, -0.1) is 0 Å². The van der Waals surface area contributed by atoms with Crippen LogP contribution in [0.4, 0.5) is 5.69 Å². The van der Waals surface area contributed by atoms with E-state index in [9.17, 15) is 10.1 Å². The first-order valence-electron chi connectivity index (χ1n) is 10.3. The SMILES string of the molecule is CC(C)c1ccc(CN2CCN([C@H](C)C(=O)Nc3ccccc3C#N)CC2)cc1. The number of carbonyl (C=O) groups excluding carboxylic acids is 1. The zero-order valence-electron chi connectivity index (χ0n) is 17.6. The molecular weight excluding hydrogens is 360 g/mol. The molecule has 2 aromatic rings. The molecule has 1 aliphatic rings. The van der Waals surface area contributed by atoms with E-state index in [4.69, 9.17) is 0 Å². The van der Waals surface area contributed by atoms with E-state index < -0.39 is 0 Å². The Labute approximate surface area is 173 Å². The minimum absolute atomic E-state index is 0.0644. The quantitative estimate of drug-likeness (QED) is 0.814. The highest BCUT2D eigenvalue weighted by Crippen LogP contribution is 2.18. The average molecular weight is 391 g/mol. The molecule has 1 aliphatic heterocycles. The molecule has 0 aromatic heterocycles. The number of hydrogen-bond donors (Lipinski definition) is 1. The van der Waals surface area contributed by atoms with E-state index in [1.165, 1.54) is 11.1 Å². The zero-order valence-corrected chi connectivity index (χ0v) is 17.6. The summed E-state index contributed by atoms with van der Waals surface area (Å²) in [6.45, 7) is 10.9. The van der Waals surface area contributed by atoms with Crippen molar-refractivity contribution in [3.05, 3.63) is 65.2 Å². The van der Waals surface area contributed by atoms with Crippen molar-refractivity contribution in [2.75, 3.05) is 31.5 Å². The van der Waals surface area contributed by atoms with Crippen molar-refractivity contribution in [2.24, 2.45) is 0 Å². The van der Waals surface area contributed by atoms with Gasteiger partial charge in [-0.3, -0.25) is 14.6 Å². The number of hydrogen-bond acceptors (Lipinski definition) is 4. The van der Waals surface area contributed by atoms with Gasteiger partial charge in [0.15, 0.2) is 0 Å². The van der Waals surface area contributed by atoms with Gasteiger partial charge in [0.2, 0.25) is 5.91 Å². The van der Waals surface area contributed by atoms with Crippen LogP contribution in [-0.4, -0.2) is 47.9 Å². The highest BCUT2D eigenvalue weighted by molar-refractivity contribution is 5.95. The van der Waals surface area contributed by atoms with E-state index in [-0.39, 0.29) is 11.9 Å². The molecule has 0 aliphatic carbocycles. The van der Waals surface area contributed by atoms with Gasteiger partial charge in [-0.2, -0.15) is 5.26 Å². The van der Waals surface area contributed by atoms with Gasteiger partial charge in [0, 0.05) is 32.7 Å². The Morgan fingerprint density at radius 1 is 1.03 bits per heavy atom. The molecule has 0 unspecified atom stereocenters. The number of piperazine rings is 1. The van der Waals surface area contributed by atoms with Gasteiger partial charge in [0.25, 0.3) is 0 Å². The second-order valence-corrected chi connectivity index (χ2v) is 8.03. The number of nitrogens with zero attached hydrogens (tertiary/aromatic N) is 3. The summed E-state index contributed by atoms with van der Waals surface area (Å²) in [5.74, 6) is 0.491. The minimum atomic E-state index is -0.228. The van der Waals surface area contributed by atoms with Crippen LogP contribution in [0.2, 0.25) is 0 Å². The molecule has 1 atom stereocenters. The second-order valence-electron chi connectivity index (χ2n) is 8.03. The molecular formula is C24H30N4O. The Morgan fingerprint density at radius 3 is 2.31 bits per heavy atom. The fourth-order valence-corrected chi connectivity index (χ4v) is 3.67. The van der Waals surface area contributed by atoms with Gasteiger partial charge in [0.1, 0.15) is 6.07 Å². The molecule has 152 valence electrons. The summed E-state index contributed by atoms with van der Waals surface area (Å²) in [5, 5.41) is 12.1. The topological polar surface area (TPSA) is 59.4 Å². The van der Waals surface area contributed by atoms with Gasteiger partial charge < -0.3 is 5.32 Å². The first-order chi connectivity index (χ1) is 14.0. The zero-order chi connectivity index (χ0) is 20.8. The third-order valence-electron chi connectivity index (χ3n) is 5.69. The van der Waals surface area contributed by atoms with Crippen molar-refractivity contribution < 1.29 is 4.79 Å². The van der Waals surface area contributed by atoms with E-state index in [2.05, 4.69) is 59.3 Å². The summed E-state index contributed by atoms with van der Waals surface area (Å²) in [7, 11) is 0.